The maximum atomic E-state index is 13.3. The number of benzene rings is 1. The van der Waals surface area contributed by atoms with Crippen molar-refractivity contribution in [3.05, 3.63) is 35.4 Å². The smallest absolute Gasteiger partial charge is 0.126 e. The SMILES string of the molecule is CCCNC(C)CCc1cc(F)ccc1F. The fourth-order valence-electron chi connectivity index (χ4n) is 1.60. The topological polar surface area (TPSA) is 12.0 Å². The lowest BCUT2D eigenvalue weighted by Gasteiger charge is -2.13. The molecule has 1 atom stereocenters. The van der Waals surface area contributed by atoms with Gasteiger partial charge >= 0.3 is 0 Å². The molecule has 16 heavy (non-hydrogen) atoms. The van der Waals surface area contributed by atoms with Gasteiger partial charge in [0.2, 0.25) is 0 Å². The van der Waals surface area contributed by atoms with Gasteiger partial charge in [-0.15, -0.1) is 0 Å². The Morgan fingerprint density at radius 1 is 1.31 bits per heavy atom. The highest BCUT2D eigenvalue weighted by Gasteiger charge is 2.06. The normalized spacial score (nSPS) is 12.8. The van der Waals surface area contributed by atoms with Crippen molar-refractivity contribution in [3.63, 3.8) is 0 Å². The lowest BCUT2D eigenvalue weighted by molar-refractivity contribution is 0.504. The van der Waals surface area contributed by atoms with Crippen LogP contribution in [0, 0.1) is 11.6 Å². The number of aryl methyl sites for hydroxylation is 1. The summed E-state index contributed by atoms with van der Waals surface area (Å²) in [5.41, 5.74) is 0.463. The molecule has 0 heterocycles. The van der Waals surface area contributed by atoms with E-state index in [2.05, 4.69) is 19.2 Å². The van der Waals surface area contributed by atoms with Crippen LogP contribution in [-0.4, -0.2) is 12.6 Å². The zero-order valence-electron chi connectivity index (χ0n) is 9.89. The van der Waals surface area contributed by atoms with Crippen molar-refractivity contribution in [3.8, 4) is 0 Å². The number of nitrogens with one attached hydrogen (secondary N) is 1. The Kier molecular flexibility index (Phi) is 5.39. The molecule has 0 aliphatic rings. The van der Waals surface area contributed by atoms with Gasteiger partial charge in [0.25, 0.3) is 0 Å². The first kappa shape index (κ1) is 13.1. The lowest BCUT2D eigenvalue weighted by Crippen LogP contribution is -2.27. The molecule has 0 amide bonds. The molecule has 3 heteroatoms. The summed E-state index contributed by atoms with van der Waals surface area (Å²) in [6.07, 6.45) is 2.47. The maximum Gasteiger partial charge on any atom is 0.126 e. The van der Waals surface area contributed by atoms with Gasteiger partial charge in [-0.3, -0.25) is 0 Å². The Bertz CT molecular complexity index is 326. The summed E-state index contributed by atoms with van der Waals surface area (Å²) in [6.45, 7) is 5.13. The zero-order chi connectivity index (χ0) is 12.0. The van der Waals surface area contributed by atoms with Crippen LogP contribution in [0.15, 0.2) is 18.2 Å². The highest BCUT2D eigenvalue weighted by Crippen LogP contribution is 2.12. The van der Waals surface area contributed by atoms with E-state index in [-0.39, 0.29) is 11.6 Å². The van der Waals surface area contributed by atoms with Crippen molar-refractivity contribution in [1.82, 2.24) is 5.32 Å². The second-order valence-electron chi connectivity index (χ2n) is 4.13. The zero-order valence-corrected chi connectivity index (χ0v) is 9.89. The third kappa shape index (κ3) is 4.27. The molecule has 0 aliphatic carbocycles. The highest BCUT2D eigenvalue weighted by molar-refractivity contribution is 5.18. The standard InChI is InChI=1S/C13H19F2N/c1-3-8-16-10(2)4-5-11-9-12(14)6-7-13(11)15/h6-7,9-10,16H,3-5,8H2,1-2H3. The summed E-state index contributed by atoms with van der Waals surface area (Å²) in [5.74, 6) is -0.685. The van der Waals surface area contributed by atoms with Gasteiger partial charge in [0.1, 0.15) is 11.6 Å². The molecule has 0 aliphatic heterocycles. The Morgan fingerprint density at radius 2 is 2.06 bits per heavy atom. The van der Waals surface area contributed by atoms with Gasteiger partial charge < -0.3 is 5.32 Å². The third-order valence-corrected chi connectivity index (χ3v) is 2.60. The molecule has 90 valence electrons. The van der Waals surface area contributed by atoms with E-state index in [0.717, 1.165) is 25.5 Å². The predicted octanol–water partition coefficient (Wildman–Crippen LogP) is 3.29. The van der Waals surface area contributed by atoms with Crippen LogP contribution in [-0.2, 0) is 6.42 Å². The maximum absolute atomic E-state index is 13.3. The average molecular weight is 227 g/mol. The van der Waals surface area contributed by atoms with E-state index in [1.165, 1.54) is 12.1 Å². The fraction of sp³-hybridized carbons (Fsp3) is 0.538. The Morgan fingerprint density at radius 3 is 2.75 bits per heavy atom. The average Bonchev–Trinajstić information content (AvgIpc) is 2.27. The monoisotopic (exact) mass is 227 g/mol. The molecule has 1 N–H and O–H groups in total. The molecular formula is C13H19F2N. The highest BCUT2D eigenvalue weighted by atomic mass is 19.1. The number of halogens is 2. The van der Waals surface area contributed by atoms with Crippen LogP contribution in [0.5, 0.6) is 0 Å². The van der Waals surface area contributed by atoms with Crippen molar-refractivity contribution in [2.75, 3.05) is 6.54 Å². The minimum atomic E-state index is -0.370. The van der Waals surface area contributed by atoms with Gasteiger partial charge in [0.05, 0.1) is 0 Å². The molecule has 0 radical (unpaired) electrons. The van der Waals surface area contributed by atoms with Crippen LogP contribution in [0.2, 0.25) is 0 Å². The first-order chi connectivity index (χ1) is 7.63. The van der Waals surface area contributed by atoms with E-state index in [1.54, 1.807) is 0 Å². The molecule has 0 saturated heterocycles. The minimum Gasteiger partial charge on any atom is -0.314 e. The van der Waals surface area contributed by atoms with E-state index in [1.807, 2.05) is 0 Å². The number of hydrogen-bond donors (Lipinski definition) is 1. The van der Waals surface area contributed by atoms with Crippen molar-refractivity contribution >= 4 is 0 Å². The molecule has 1 nitrogen and oxygen atoms in total. The fourth-order valence-corrected chi connectivity index (χ4v) is 1.60. The summed E-state index contributed by atoms with van der Waals surface area (Å²) in [6, 6.07) is 3.96. The van der Waals surface area contributed by atoms with Crippen LogP contribution in [0.25, 0.3) is 0 Å². The molecular weight excluding hydrogens is 208 g/mol. The lowest BCUT2D eigenvalue weighted by atomic mass is 10.1. The van der Waals surface area contributed by atoms with Crippen molar-refractivity contribution in [1.29, 1.82) is 0 Å². The van der Waals surface area contributed by atoms with Gasteiger partial charge in [-0.05, 0) is 56.5 Å². The quantitative estimate of drug-likeness (QED) is 0.786. The largest absolute Gasteiger partial charge is 0.314 e. The third-order valence-electron chi connectivity index (χ3n) is 2.60. The molecule has 1 aromatic rings. The number of rotatable bonds is 6. The summed E-state index contributed by atoms with van der Waals surface area (Å²) in [5, 5.41) is 3.32. The van der Waals surface area contributed by atoms with Gasteiger partial charge in [-0.1, -0.05) is 6.92 Å². The van der Waals surface area contributed by atoms with Crippen molar-refractivity contribution < 1.29 is 8.78 Å². The summed E-state index contributed by atoms with van der Waals surface area (Å²) in [4.78, 5) is 0. The van der Waals surface area contributed by atoms with Crippen LogP contribution < -0.4 is 5.32 Å². The molecule has 1 aromatic carbocycles. The Hall–Kier alpha value is -0.960. The van der Waals surface area contributed by atoms with Gasteiger partial charge in [-0.2, -0.15) is 0 Å². The summed E-state index contributed by atoms with van der Waals surface area (Å²) < 4.78 is 26.2. The van der Waals surface area contributed by atoms with E-state index < -0.39 is 0 Å². The molecule has 0 fully saturated rings. The molecule has 0 saturated carbocycles. The van der Waals surface area contributed by atoms with Crippen LogP contribution in [0.4, 0.5) is 8.78 Å². The Labute approximate surface area is 95.9 Å². The summed E-state index contributed by atoms with van der Waals surface area (Å²) in [7, 11) is 0. The first-order valence-corrected chi connectivity index (χ1v) is 5.80. The van der Waals surface area contributed by atoms with Gasteiger partial charge in [-0.25, -0.2) is 8.78 Å². The van der Waals surface area contributed by atoms with Gasteiger partial charge in [0.15, 0.2) is 0 Å². The van der Waals surface area contributed by atoms with E-state index >= 15 is 0 Å². The molecule has 0 bridgehead atoms. The van der Waals surface area contributed by atoms with Crippen molar-refractivity contribution in [2.24, 2.45) is 0 Å². The Balaban J connectivity index is 2.44. The van der Waals surface area contributed by atoms with Crippen molar-refractivity contribution in [2.45, 2.75) is 39.2 Å². The van der Waals surface area contributed by atoms with Gasteiger partial charge in [0, 0.05) is 6.04 Å². The van der Waals surface area contributed by atoms with E-state index in [0.29, 0.717) is 18.0 Å². The molecule has 0 spiro atoms. The molecule has 0 aromatic heterocycles. The summed E-state index contributed by atoms with van der Waals surface area (Å²) >= 11 is 0. The van der Waals surface area contributed by atoms with E-state index in [4.69, 9.17) is 0 Å². The minimum absolute atomic E-state index is 0.316. The molecule has 1 unspecified atom stereocenters. The van der Waals surface area contributed by atoms with Crippen LogP contribution in [0.3, 0.4) is 0 Å². The van der Waals surface area contributed by atoms with Crippen LogP contribution in [0.1, 0.15) is 32.3 Å². The second-order valence-corrected chi connectivity index (χ2v) is 4.13. The molecule has 1 rings (SSSR count). The number of hydrogen-bond acceptors (Lipinski definition) is 1. The second kappa shape index (κ2) is 6.59. The first-order valence-electron chi connectivity index (χ1n) is 5.80. The van der Waals surface area contributed by atoms with E-state index in [9.17, 15) is 8.78 Å². The predicted molar refractivity (Wildman–Crippen MR) is 62.4 cm³/mol. The van der Waals surface area contributed by atoms with Crippen LogP contribution >= 0.6 is 0 Å².